The van der Waals surface area contributed by atoms with Gasteiger partial charge in [0.15, 0.2) is 6.61 Å². The molecule has 2 heterocycles. The summed E-state index contributed by atoms with van der Waals surface area (Å²) in [6.07, 6.45) is 0.876. The molecule has 5 heteroatoms. The minimum Gasteiger partial charge on any atom is -0.482 e. The number of carbonyl (C=O) groups is 2. The van der Waals surface area contributed by atoms with Crippen molar-refractivity contribution in [1.82, 2.24) is 4.90 Å². The molecule has 0 atom stereocenters. The predicted molar refractivity (Wildman–Crippen MR) is 114 cm³/mol. The van der Waals surface area contributed by atoms with Crippen molar-refractivity contribution in [3.8, 4) is 5.75 Å². The second kappa shape index (κ2) is 7.67. The molecule has 2 aliphatic rings. The molecule has 2 amide bonds. The Morgan fingerprint density at radius 3 is 2.63 bits per heavy atom. The number of rotatable bonds is 3. The minimum absolute atomic E-state index is 0.0278. The lowest BCUT2D eigenvalue weighted by atomic mass is 9.99. The molecule has 0 aromatic heterocycles. The van der Waals surface area contributed by atoms with Crippen molar-refractivity contribution in [2.24, 2.45) is 0 Å². The molecule has 2 aliphatic heterocycles. The highest BCUT2D eigenvalue weighted by molar-refractivity contribution is 5.98. The SMILES string of the molecule is O=C(c1cccc(CN2C(=O)COc3ccccc32)c1)N1CCc2ccccc2C1. The van der Waals surface area contributed by atoms with E-state index in [1.165, 1.54) is 11.1 Å². The Hall–Kier alpha value is -3.60. The van der Waals surface area contributed by atoms with E-state index in [0.29, 0.717) is 24.4 Å². The van der Waals surface area contributed by atoms with Gasteiger partial charge in [0.1, 0.15) is 5.75 Å². The molecule has 3 aromatic rings. The van der Waals surface area contributed by atoms with E-state index in [1.807, 2.05) is 65.6 Å². The van der Waals surface area contributed by atoms with Crippen molar-refractivity contribution < 1.29 is 14.3 Å². The van der Waals surface area contributed by atoms with Crippen LogP contribution in [0.25, 0.3) is 0 Å². The van der Waals surface area contributed by atoms with Gasteiger partial charge in [0.05, 0.1) is 12.2 Å². The average molecular weight is 398 g/mol. The number of ether oxygens (including phenoxy) is 1. The van der Waals surface area contributed by atoms with Crippen LogP contribution in [0.3, 0.4) is 0 Å². The van der Waals surface area contributed by atoms with Gasteiger partial charge >= 0.3 is 0 Å². The first-order valence-corrected chi connectivity index (χ1v) is 10.2. The first-order valence-electron chi connectivity index (χ1n) is 10.2. The molecule has 0 saturated carbocycles. The van der Waals surface area contributed by atoms with Crippen LogP contribution in [0.5, 0.6) is 5.75 Å². The first-order chi connectivity index (χ1) is 14.7. The number of benzene rings is 3. The number of anilines is 1. The van der Waals surface area contributed by atoms with Gasteiger partial charge in [0.2, 0.25) is 0 Å². The lowest BCUT2D eigenvalue weighted by Gasteiger charge is -2.30. The summed E-state index contributed by atoms with van der Waals surface area (Å²) in [5, 5.41) is 0. The number of amides is 2. The van der Waals surface area contributed by atoms with Crippen molar-refractivity contribution in [2.75, 3.05) is 18.1 Å². The van der Waals surface area contributed by atoms with Crippen LogP contribution in [0.4, 0.5) is 5.69 Å². The molecule has 5 rings (SSSR count). The van der Waals surface area contributed by atoms with Gasteiger partial charge in [0.25, 0.3) is 11.8 Å². The Bertz CT molecular complexity index is 1120. The maximum atomic E-state index is 13.1. The van der Waals surface area contributed by atoms with E-state index in [1.54, 1.807) is 4.90 Å². The van der Waals surface area contributed by atoms with Gasteiger partial charge in [-0.2, -0.15) is 0 Å². The summed E-state index contributed by atoms with van der Waals surface area (Å²) in [5.41, 5.74) is 4.87. The van der Waals surface area contributed by atoms with Crippen LogP contribution in [0.1, 0.15) is 27.0 Å². The summed E-state index contributed by atoms with van der Waals surface area (Å²) in [6, 6.07) is 23.4. The zero-order valence-electron chi connectivity index (χ0n) is 16.6. The minimum atomic E-state index is -0.0851. The molecule has 0 saturated heterocycles. The van der Waals surface area contributed by atoms with Crippen LogP contribution < -0.4 is 9.64 Å². The highest BCUT2D eigenvalue weighted by Gasteiger charge is 2.26. The number of fused-ring (bicyclic) bond motifs is 2. The van der Waals surface area contributed by atoms with Crippen LogP contribution in [0.2, 0.25) is 0 Å². The van der Waals surface area contributed by atoms with E-state index < -0.39 is 0 Å². The molecular formula is C25H22N2O3. The first kappa shape index (κ1) is 18.4. The lowest BCUT2D eigenvalue weighted by molar-refractivity contribution is -0.121. The Balaban J connectivity index is 1.36. The largest absolute Gasteiger partial charge is 0.482 e. The van der Waals surface area contributed by atoms with E-state index in [9.17, 15) is 9.59 Å². The van der Waals surface area contributed by atoms with Crippen LogP contribution in [-0.2, 0) is 24.3 Å². The molecule has 150 valence electrons. The number of carbonyl (C=O) groups excluding carboxylic acids is 2. The van der Waals surface area contributed by atoms with E-state index in [2.05, 4.69) is 12.1 Å². The topological polar surface area (TPSA) is 49.9 Å². The molecule has 0 N–H and O–H groups in total. The van der Waals surface area contributed by atoms with E-state index >= 15 is 0 Å². The summed E-state index contributed by atoms with van der Waals surface area (Å²) in [5.74, 6) is 0.648. The summed E-state index contributed by atoms with van der Waals surface area (Å²) in [4.78, 5) is 29.2. The van der Waals surface area contributed by atoms with Gasteiger partial charge in [-0.3, -0.25) is 9.59 Å². The standard InChI is InChI=1S/C25H22N2O3/c28-24-17-30-23-11-4-3-10-22(23)27(24)15-18-6-5-9-20(14-18)25(29)26-13-12-19-7-1-2-8-21(19)16-26/h1-11,14H,12-13,15-17H2. The van der Waals surface area contributed by atoms with Gasteiger partial charge in [-0.15, -0.1) is 0 Å². The number of hydrogen-bond donors (Lipinski definition) is 0. The van der Waals surface area contributed by atoms with Crippen molar-refractivity contribution in [1.29, 1.82) is 0 Å². The van der Waals surface area contributed by atoms with Crippen molar-refractivity contribution in [2.45, 2.75) is 19.5 Å². The Labute approximate surface area is 175 Å². The Morgan fingerprint density at radius 1 is 0.933 bits per heavy atom. The molecule has 0 radical (unpaired) electrons. The van der Waals surface area contributed by atoms with Gasteiger partial charge in [0, 0.05) is 18.7 Å². The van der Waals surface area contributed by atoms with Crippen LogP contribution in [-0.4, -0.2) is 29.9 Å². The normalized spacial score (nSPS) is 15.3. The fourth-order valence-electron chi connectivity index (χ4n) is 4.16. The third-order valence-electron chi connectivity index (χ3n) is 5.74. The molecule has 5 nitrogen and oxygen atoms in total. The number of hydrogen-bond acceptors (Lipinski definition) is 3. The van der Waals surface area contributed by atoms with Gasteiger partial charge < -0.3 is 14.5 Å². The molecule has 30 heavy (non-hydrogen) atoms. The maximum absolute atomic E-state index is 13.1. The smallest absolute Gasteiger partial charge is 0.265 e. The molecular weight excluding hydrogens is 376 g/mol. The predicted octanol–water partition coefficient (Wildman–Crippen LogP) is 3.81. The highest BCUT2D eigenvalue weighted by atomic mass is 16.5. The molecule has 0 unspecified atom stereocenters. The summed E-state index contributed by atoms with van der Waals surface area (Å²) in [7, 11) is 0. The van der Waals surface area contributed by atoms with Crippen molar-refractivity contribution in [3.05, 3.63) is 95.1 Å². The second-order valence-electron chi connectivity index (χ2n) is 7.68. The third-order valence-corrected chi connectivity index (χ3v) is 5.74. The molecule has 0 bridgehead atoms. The monoisotopic (exact) mass is 398 g/mol. The maximum Gasteiger partial charge on any atom is 0.265 e. The molecule has 0 fully saturated rings. The van der Waals surface area contributed by atoms with Crippen LogP contribution in [0, 0.1) is 0 Å². The van der Waals surface area contributed by atoms with E-state index in [0.717, 1.165) is 24.2 Å². The molecule has 0 aliphatic carbocycles. The Morgan fingerprint density at radius 2 is 1.73 bits per heavy atom. The van der Waals surface area contributed by atoms with Gasteiger partial charge in [-0.25, -0.2) is 0 Å². The fourth-order valence-corrected chi connectivity index (χ4v) is 4.16. The molecule has 3 aromatic carbocycles. The van der Waals surface area contributed by atoms with E-state index in [4.69, 9.17) is 4.74 Å². The zero-order valence-corrected chi connectivity index (χ0v) is 16.6. The average Bonchev–Trinajstić information content (AvgIpc) is 2.80. The summed E-state index contributed by atoms with van der Waals surface area (Å²) >= 11 is 0. The van der Waals surface area contributed by atoms with Gasteiger partial charge in [-0.05, 0) is 47.4 Å². The van der Waals surface area contributed by atoms with Crippen molar-refractivity contribution in [3.63, 3.8) is 0 Å². The second-order valence-corrected chi connectivity index (χ2v) is 7.68. The third kappa shape index (κ3) is 3.43. The van der Waals surface area contributed by atoms with Crippen LogP contribution in [0.15, 0.2) is 72.8 Å². The summed E-state index contributed by atoms with van der Waals surface area (Å²) in [6.45, 7) is 1.79. The quantitative estimate of drug-likeness (QED) is 0.674. The van der Waals surface area contributed by atoms with Gasteiger partial charge in [-0.1, -0.05) is 48.5 Å². The molecule has 0 spiro atoms. The van der Waals surface area contributed by atoms with E-state index in [-0.39, 0.29) is 18.4 Å². The lowest BCUT2D eigenvalue weighted by Crippen LogP contribution is -2.38. The van der Waals surface area contributed by atoms with Crippen LogP contribution >= 0.6 is 0 Å². The number of nitrogens with zero attached hydrogens (tertiary/aromatic N) is 2. The fraction of sp³-hybridized carbons (Fsp3) is 0.200. The van der Waals surface area contributed by atoms with Crippen molar-refractivity contribution >= 4 is 17.5 Å². The Kier molecular flexibility index (Phi) is 4.71. The zero-order chi connectivity index (χ0) is 20.5. The highest BCUT2D eigenvalue weighted by Crippen LogP contribution is 2.32. The number of para-hydroxylation sites is 2. The summed E-state index contributed by atoms with van der Waals surface area (Å²) < 4.78 is 5.52.